The van der Waals surface area contributed by atoms with Gasteiger partial charge in [-0.1, -0.05) is 11.6 Å². The van der Waals surface area contributed by atoms with E-state index >= 15 is 0 Å². The predicted octanol–water partition coefficient (Wildman–Crippen LogP) is 3.00. The fourth-order valence-corrected chi connectivity index (χ4v) is 1.85. The summed E-state index contributed by atoms with van der Waals surface area (Å²) in [6.07, 6.45) is 3.38. The number of fused-ring (bicyclic) bond motifs is 1. The smallest absolute Gasteiger partial charge is 0.230 e. The minimum Gasteiger partial charge on any atom is -0.436 e. The van der Waals surface area contributed by atoms with Crippen molar-refractivity contribution in [3.05, 3.63) is 35.6 Å². The lowest BCUT2D eigenvalue weighted by molar-refractivity contribution is 0.619. The Morgan fingerprint density at radius 3 is 2.58 bits per heavy atom. The highest BCUT2D eigenvalue weighted by atomic mass is 35.5. The van der Waals surface area contributed by atoms with E-state index in [0.29, 0.717) is 22.4 Å². The van der Waals surface area contributed by atoms with Crippen LogP contribution in [0.25, 0.3) is 22.6 Å². The molecule has 19 heavy (non-hydrogen) atoms. The second-order valence-electron chi connectivity index (χ2n) is 4.30. The van der Waals surface area contributed by atoms with Gasteiger partial charge in [0.2, 0.25) is 11.8 Å². The van der Waals surface area contributed by atoms with Crippen LogP contribution in [0.1, 0.15) is 0 Å². The predicted molar refractivity (Wildman–Crippen MR) is 74.4 cm³/mol. The number of benzene rings is 1. The minimum atomic E-state index is 0.488. The number of hydrogen-bond donors (Lipinski definition) is 0. The lowest BCUT2D eigenvalue weighted by atomic mass is 10.3. The maximum absolute atomic E-state index is 5.92. The lowest BCUT2D eigenvalue weighted by Crippen LogP contribution is -2.12. The van der Waals surface area contributed by atoms with Gasteiger partial charge in [0.25, 0.3) is 0 Å². The zero-order chi connectivity index (χ0) is 13.4. The molecule has 0 aliphatic rings. The first-order valence-corrected chi connectivity index (χ1v) is 6.07. The molecule has 0 saturated heterocycles. The Labute approximate surface area is 114 Å². The van der Waals surface area contributed by atoms with E-state index in [1.165, 1.54) is 0 Å². The highest BCUT2D eigenvalue weighted by Gasteiger charge is 2.10. The Morgan fingerprint density at radius 2 is 1.89 bits per heavy atom. The first-order valence-electron chi connectivity index (χ1n) is 5.69. The van der Waals surface area contributed by atoms with Crippen LogP contribution in [0, 0.1) is 0 Å². The maximum atomic E-state index is 5.92. The van der Waals surface area contributed by atoms with Crippen molar-refractivity contribution < 1.29 is 4.42 Å². The van der Waals surface area contributed by atoms with Crippen LogP contribution in [-0.2, 0) is 0 Å². The molecule has 3 aromatic rings. The number of aromatic nitrogens is 3. The van der Waals surface area contributed by atoms with E-state index in [1.807, 2.05) is 19.0 Å². The van der Waals surface area contributed by atoms with Gasteiger partial charge in [0.15, 0.2) is 5.58 Å². The van der Waals surface area contributed by atoms with Gasteiger partial charge in [0, 0.05) is 31.5 Å². The summed E-state index contributed by atoms with van der Waals surface area (Å²) < 4.78 is 5.65. The number of rotatable bonds is 2. The molecule has 0 bridgehead atoms. The van der Waals surface area contributed by atoms with E-state index < -0.39 is 0 Å². The van der Waals surface area contributed by atoms with Gasteiger partial charge in [-0.3, -0.25) is 0 Å². The van der Waals surface area contributed by atoms with E-state index in [9.17, 15) is 0 Å². The number of oxazole rings is 1. The Bertz CT molecular complexity index is 721. The third kappa shape index (κ3) is 2.24. The summed E-state index contributed by atoms with van der Waals surface area (Å²) in [7, 11) is 3.77. The fourth-order valence-electron chi connectivity index (χ4n) is 1.69. The molecule has 2 aromatic heterocycles. The summed E-state index contributed by atoms with van der Waals surface area (Å²) in [5.41, 5.74) is 2.15. The average Bonchev–Trinajstić information content (AvgIpc) is 2.81. The first-order chi connectivity index (χ1) is 9.13. The van der Waals surface area contributed by atoms with Crippen molar-refractivity contribution in [3.8, 4) is 11.5 Å². The van der Waals surface area contributed by atoms with Crippen molar-refractivity contribution in [2.24, 2.45) is 0 Å². The van der Waals surface area contributed by atoms with Crippen LogP contribution in [0.3, 0.4) is 0 Å². The van der Waals surface area contributed by atoms with Crippen molar-refractivity contribution in [2.75, 3.05) is 19.0 Å². The second-order valence-corrected chi connectivity index (χ2v) is 4.73. The third-order valence-corrected chi connectivity index (χ3v) is 2.87. The van der Waals surface area contributed by atoms with Crippen LogP contribution >= 0.6 is 11.6 Å². The van der Waals surface area contributed by atoms with E-state index in [4.69, 9.17) is 16.0 Å². The minimum absolute atomic E-state index is 0.488. The molecule has 3 rings (SSSR count). The summed E-state index contributed by atoms with van der Waals surface area (Å²) in [4.78, 5) is 14.7. The van der Waals surface area contributed by atoms with Crippen LogP contribution in [-0.4, -0.2) is 29.0 Å². The monoisotopic (exact) mass is 274 g/mol. The normalized spacial score (nSPS) is 10.9. The number of halogens is 1. The molecule has 0 spiro atoms. The lowest BCUT2D eigenvalue weighted by Gasteiger charge is -2.08. The second kappa shape index (κ2) is 4.51. The van der Waals surface area contributed by atoms with Crippen LogP contribution in [0.4, 0.5) is 5.95 Å². The fraction of sp³-hybridized carbons (Fsp3) is 0.154. The molecule has 0 N–H and O–H groups in total. The molecule has 0 aliphatic heterocycles. The third-order valence-electron chi connectivity index (χ3n) is 2.63. The van der Waals surface area contributed by atoms with Crippen molar-refractivity contribution >= 4 is 28.6 Å². The molecule has 6 heteroatoms. The zero-order valence-corrected chi connectivity index (χ0v) is 11.2. The standard InChI is InChI=1S/C13H11ClN4O/c1-18(2)13-15-6-8(7-16-13)12-17-10-5-9(14)3-4-11(10)19-12/h3-7H,1-2H3. The molecule has 96 valence electrons. The van der Waals surface area contributed by atoms with Gasteiger partial charge < -0.3 is 9.32 Å². The van der Waals surface area contributed by atoms with Crippen LogP contribution in [0.5, 0.6) is 0 Å². The largest absolute Gasteiger partial charge is 0.436 e. The summed E-state index contributed by atoms with van der Waals surface area (Å²) >= 11 is 5.92. The van der Waals surface area contributed by atoms with Gasteiger partial charge >= 0.3 is 0 Å². The topological polar surface area (TPSA) is 55.1 Å². The highest BCUT2D eigenvalue weighted by Crippen LogP contribution is 2.25. The van der Waals surface area contributed by atoms with Gasteiger partial charge in [-0.15, -0.1) is 0 Å². The van der Waals surface area contributed by atoms with Gasteiger partial charge in [0.1, 0.15) is 5.52 Å². The van der Waals surface area contributed by atoms with Crippen molar-refractivity contribution in [2.45, 2.75) is 0 Å². The van der Waals surface area contributed by atoms with Crippen molar-refractivity contribution in [3.63, 3.8) is 0 Å². The number of nitrogens with zero attached hydrogens (tertiary/aromatic N) is 4. The molecular weight excluding hydrogens is 264 g/mol. The van der Waals surface area contributed by atoms with Crippen LogP contribution in [0.2, 0.25) is 5.02 Å². The summed E-state index contributed by atoms with van der Waals surface area (Å²) in [5, 5.41) is 0.631. The average molecular weight is 275 g/mol. The Balaban J connectivity index is 2.03. The quantitative estimate of drug-likeness (QED) is 0.719. The number of hydrogen-bond acceptors (Lipinski definition) is 5. The Hall–Kier alpha value is -2.14. The molecule has 0 aliphatic carbocycles. The molecule has 0 unspecified atom stereocenters. The maximum Gasteiger partial charge on any atom is 0.230 e. The van der Waals surface area contributed by atoms with Gasteiger partial charge in [0.05, 0.1) is 5.56 Å². The molecular formula is C13H11ClN4O. The van der Waals surface area contributed by atoms with Crippen molar-refractivity contribution in [1.82, 2.24) is 15.0 Å². The molecule has 5 nitrogen and oxygen atoms in total. The number of anilines is 1. The SMILES string of the molecule is CN(C)c1ncc(-c2nc3cc(Cl)ccc3o2)cn1. The highest BCUT2D eigenvalue weighted by molar-refractivity contribution is 6.31. The first kappa shape index (κ1) is 11.9. The van der Waals surface area contributed by atoms with Gasteiger partial charge in [-0.25, -0.2) is 15.0 Å². The van der Waals surface area contributed by atoms with E-state index in [0.717, 1.165) is 11.1 Å². The van der Waals surface area contributed by atoms with Crippen molar-refractivity contribution in [1.29, 1.82) is 0 Å². The Kier molecular flexibility index (Phi) is 2.83. The molecule has 0 atom stereocenters. The van der Waals surface area contributed by atoms with Gasteiger partial charge in [-0.2, -0.15) is 0 Å². The van der Waals surface area contributed by atoms with Crippen LogP contribution in [0.15, 0.2) is 35.0 Å². The Morgan fingerprint density at radius 1 is 1.16 bits per heavy atom. The molecule has 0 saturated carbocycles. The van der Waals surface area contributed by atoms with Gasteiger partial charge in [-0.05, 0) is 18.2 Å². The zero-order valence-electron chi connectivity index (χ0n) is 10.5. The molecule has 2 heterocycles. The van der Waals surface area contributed by atoms with E-state index in [1.54, 1.807) is 30.6 Å². The molecule has 0 fully saturated rings. The summed E-state index contributed by atoms with van der Waals surface area (Å²) in [5.74, 6) is 1.13. The molecule has 0 radical (unpaired) electrons. The van der Waals surface area contributed by atoms with E-state index in [-0.39, 0.29) is 0 Å². The summed E-state index contributed by atoms with van der Waals surface area (Å²) in [6.45, 7) is 0. The molecule has 1 aromatic carbocycles. The van der Waals surface area contributed by atoms with Crippen LogP contribution < -0.4 is 4.90 Å². The summed E-state index contributed by atoms with van der Waals surface area (Å²) in [6, 6.07) is 5.33. The van der Waals surface area contributed by atoms with E-state index in [2.05, 4.69) is 15.0 Å². The molecule has 0 amide bonds.